The van der Waals surface area contributed by atoms with Gasteiger partial charge in [-0.05, 0) is 32.1 Å². The summed E-state index contributed by atoms with van der Waals surface area (Å²) in [6.45, 7) is 6.18. The summed E-state index contributed by atoms with van der Waals surface area (Å²) in [5, 5.41) is 3.19. The van der Waals surface area contributed by atoms with Gasteiger partial charge in [0.1, 0.15) is 0 Å². The number of halogens is 3. The zero-order valence-corrected chi connectivity index (χ0v) is 11.0. The minimum atomic E-state index is -4.05. The van der Waals surface area contributed by atoms with Crippen molar-refractivity contribution in [3.8, 4) is 0 Å². The molecule has 0 saturated heterocycles. The van der Waals surface area contributed by atoms with Crippen LogP contribution in [-0.4, -0.2) is 18.3 Å². The van der Waals surface area contributed by atoms with Crippen molar-refractivity contribution in [2.75, 3.05) is 0 Å². The summed E-state index contributed by atoms with van der Waals surface area (Å²) < 4.78 is 38.6. The fourth-order valence-electron chi connectivity index (χ4n) is 2.86. The van der Waals surface area contributed by atoms with E-state index < -0.39 is 12.1 Å². The van der Waals surface area contributed by atoms with E-state index in [0.29, 0.717) is 18.8 Å². The smallest absolute Gasteiger partial charge is 0.311 e. The highest BCUT2D eigenvalue weighted by molar-refractivity contribution is 4.87. The maximum Gasteiger partial charge on any atom is 0.393 e. The molecule has 0 bridgehead atoms. The van der Waals surface area contributed by atoms with Crippen LogP contribution in [0.5, 0.6) is 0 Å². The van der Waals surface area contributed by atoms with Crippen LogP contribution in [0.4, 0.5) is 13.2 Å². The third-order valence-electron chi connectivity index (χ3n) is 3.51. The number of alkyl halides is 3. The van der Waals surface area contributed by atoms with E-state index in [1.54, 1.807) is 0 Å². The Kier molecular flexibility index (Phi) is 5.29. The van der Waals surface area contributed by atoms with Gasteiger partial charge in [0.25, 0.3) is 0 Å². The first-order valence-electron chi connectivity index (χ1n) is 6.63. The van der Waals surface area contributed by atoms with Gasteiger partial charge in [-0.1, -0.05) is 26.7 Å². The van der Waals surface area contributed by atoms with Gasteiger partial charge < -0.3 is 5.32 Å². The van der Waals surface area contributed by atoms with E-state index in [9.17, 15) is 13.2 Å². The van der Waals surface area contributed by atoms with E-state index >= 15 is 0 Å². The zero-order valence-electron chi connectivity index (χ0n) is 11.0. The monoisotopic (exact) mass is 251 g/mol. The fourth-order valence-corrected chi connectivity index (χ4v) is 2.86. The molecule has 1 N–H and O–H groups in total. The first-order chi connectivity index (χ1) is 7.80. The third kappa shape index (κ3) is 4.86. The van der Waals surface area contributed by atoms with E-state index in [4.69, 9.17) is 0 Å². The van der Waals surface area contributed by atoms with Gasteiger partial charge in [0, 0.05) is 12.1 Å². The van der Waals surface area contributed by atoms with Crippen molar-refractivity contribution in [1.82, 2.24) is 5.32 Å². The number of rotatable bonds is 4. The zero-order chi connectivity index (χ0) is 13.1. The number of nitrogens with one attached hydrogen (secondary N) is 1. The minimum Gasteiger partial charge on any atom is -0.311 e. The molecule has 4 heteroatoms. The highest BCUT2D eigenvalue weighted by Gasteiger charge is 2.45. The average molecular weight is 251 g/mol. The Morgan fingerprint density at radius 2 is 1.71 bits per heavy atom. The van der Waals surface area contributed by atoms with Gasteiger partial charge in [0.15, 0.2) is 0 Å². The van der Waals surface area contributed by atoms with Crippen LogP contribution in [0, 0.1) is 11.8 Å². The van der Waals surface area contributed by atoms with Crippen molar-refractivity contribution in [2.45, 2.75) is 71.1 Å². The summed E-state index contributed by atoms with van der Waals surface area (Å²) in [4.78, 5) is 0. The van der Waals surface area contributed by atoms with Crippen LogP contribution in [0.2, 0.25) is 0 Å². The SMILES string of the molecule is CC(C)CC(C)NC1CCCCC1C(F)(F)F. The first kappa shape index (κ1) is 14.8. The summed E-state index contributed by atoms with van der Waals surface area (Å²) in [5.41, 5.74) is 0. The lowest BCUT2D eigenvalue weighted by Gasteiger charge is -2.35. The molecule has 1 fully saturated rings. The van der Waals surface area contributed by atoms with Gasteiger partial charge in [-0.2, -0.15) is 13.2 Å². The molecule has 1 aliphatic carbocycles. The van der Waals surface area contributed by atoms with Gasteiger partial charge in [0.2, 0.25) is 0 Å². The van der Waals surface area contributed by atoms with Gasteiger partial charge in [-0.25, -0.2) is 0 Å². The Hall–Kier alpha value is -0.250. The molecule has 1 saturated carbocycles. The third-order valence-corrected chi connectivity index (χ3v) is 3.51. The fraction of sp³-hybridized carbons (Fsp3) is 1.00. The second-order valence-electron chi connectivity index (χ2n) is 5.74. The van der Waals surface area contributed by atoms with E-state index in [0.717, 1.165) is 12.8 Å². The van der Waals surface area contributed by atoms with Gasteiger partial charge in [-0.15, -0.1) is 0 Å². The second-order valence-corrected chi connectivity index (χ2v) is 5.74. The molecular weight excluding hydrogens is 227 g/mol. The summed E-state index contributed by atoms with van der Waals surface area (Å²) in [5.74, 6) is -0.628. The van der Waals surface area contributed by atoms with Crippen molar-refractivity contribution in [3.63, 3.8) is 0 Å². The number of hydrogen-bond donors (Lipinski definition) is 1. The average Bonchev–Trinajstić information content (AvgIpc) is 2.15. The van der Waals surface area contributed by atoms with Crippen LogP contribution < -0.4 is 5.32 Å². The van der Waals surface area contributed by atoms with Crippen molar-refractivity contribution >= 4 is 0 Å². The highest BCUT2D eigenvalue weighted by atomic mass is 19.4. The van der Waals surface area contributed by atoms with Crippen LogP contribution in [0.1, 0.15) is 52.9 Å². The van der Waals surface area contributed by atoms with Gasteiger partial charge in [0.05, 0.1) is 5.92 Å². The van der Waals surface area contributed by atoms with Crippen molar-refractivity contribution < 1.29 is 13.2 Å². The molecule has 0 spiro atoms. The van der Waals surface area contributed by atoms with Crippen molar-refractivity contribution in [1.29, 1.82) is 0 Å². The molecule has 1 nitrogen and oxygen atoms in total. The summed E-state index contributed by atoms with van der Waals surface area (Å²) in [7, 11) is 0. The minimum absolute atomic E-state index is 0.169. The van der Waals surface area contributed by atoms with Crippen LogP contribution >= 0.6 is 0 Å². The highest BCUT2D eigenvalue weighted by Crippen LogP contribution is 2.38. The molecule has 102 valence electrons. The molecule has 17 heavy (non-hydrogen) atoms. The Labute approximate surface area is 102 Å². The standard InChI is InChI=1S/C13H24F3N/c1-9(2)8-10(3)17-12-7-5-4-6-11(12)13(14,15)16/h9-12,17H,4-8H2,1-3H3. The van der Waals surface area contributed by atoms with E-state index in [1.165, 1.54) is 0 Å². The first-order valence-corrected chi connectivity index (χ1v) is 6.63. The van der Waals surface area contributed by atoms with Crippen LogP contribution in [0.3, 0.4) is 0 Å². The molecule has 0 heterocycles. The molecule has 3 atom stereocenters. The Morgan fingerprint density at radius 3 is 2.24 bits per heavy atom. The Morgan fingerprint density at radius 1 is 1.12 bits per heavy atom. The Bertz CT molecular complexity index is 225. The van der Waals surface area contributed by atoms with Crippen molar-refractivity contribution in [3.05, 3.63) is 0 Å². The maximum absolute atomic E-state index is 12.9. The molecule has 0 amide bonds. The molecule has 0 aromatic rings. The predicted octanol–water partition coefficient (Wildman–Crippen LogP) is 4.13. The predicted molar refractivity (Wildman–Crippen MR) is 63.9 cm³/mol. The van der Waals surface area contributed by atoms with Crippen LogP contribution in [-0.2, 0) is 0 Å². The summed E-state index contributed by atoms with van der Waals surface area (Å²) in [6.07, 6.45) is -0.543. The maximum atomic E-state index is 12.9. The second kappa shape index (κ2) is 6.07. The lowest BCUT2D eigenvalue weighted by molar-refractivity contribution is -0.189. The Balaban J connectivity index is 2.54. The topological polar surface area (TPSA) is 12.0 Å². The summed E-state index contributed by atoms with van der Waals surface area (Å²) >= 11 is 0. The van der Waals surface area contributed by atoms with E-state index in [-0.39, 0.29) is 18.5 Å². The lowest BCUT2D eigenvalue weighted by Crippen LogP contribution is -2.48. The molecule has 1 rings (SSSR count). The molecule has 3 unspecified atom stereocenters. The van der Waals surface area contributed by atoms with Crippen molar-refractivity contribution in [2.24, 2.45) is 11.8 Å². The molecule has 0 radical (unpaired) electrons. The van der Waals surface area contributed by atoms with E-state index in [2.05, 4.69) is 19.2 Å². The summed E-state index contributed by atoms with van der Waals surface area (Å²) in [6, 6.07) is -0.208. The largest absolute Gasteiger partial charge is 0.393 e. The molecule has 0 aromatic carbocycles. The van der Waals surface area contributed by atoms with Crippen LogP contribution in [0.25, 0.3) is 0 Å². The molecule has 1 aliphatic rings. The van der Waals surface area contributed by atoms with Gasteiger partial charge in [-0.3, -0.25) is 0 Å². The lowest BCUT2D eigenvalue weighted by atomic mass is 9.83. The normalized spacial score (nSPS) is 28.4. The van der Waals surface area contributed by atoms with Gasteiger partial charge >= 0.3 is 6.18 Å². The molecular formula is C13H24F3N. The quantitative estimate of drug-likeness (QED) is 0.792. The van der Waals surface area contributed by atoms with Crippen LogP contribution in [0.15, 0.2) is 0 Å². The number of hydrogen-bond acceptors (Lipinski definition) is 1. The molecule has 0 aromatic heterocycles. The van der Waals surface area contributed by atoms with E-state index in [1.807, 2.05) is 6.92 Å². The molecule has 0 aliphatic heterocycles.